The minimum absolute atomic E-state index is 0.0256. The van der Waals surface area contributed by atoms with Gasteiger partial charge in [0.1, 0.15) is 11.5 Å². The maximum Gasteiger partial charge on any atom is 0.321 e. The van der Waals surface area contributed by atoms with Crippen LogP contribution in [-0.4, -0.2) is 58.5 Å². The third kappa shape index (κ3) is 4.45. The van der Waals surface area contributed by atoms with Gasteiger partial charge in [-0.3, -0.25) is 4.79 Å². The maximum absolute atomic E-state index is 13.4. The summed E-state index contributed by atoms with van der Waals surface area (Å²) in [5.41, 5.74) is 1.82. The number of nitrogens with zero attached hydrogens (tertiary/aromatic N) is 4. The van der Waals surface area contributed by atoms with Crippen LogP contribution in [-0.2, 0) is 11.3 Å². The maximum atomic E-state index is 13.4. The van der Waals surface area contributed by atoms with E-state index >= 15 is 0 Å². The van der Waals surface area contributed by atoms with Gasteiger partial charge in [-0.05, 0) is 31.0 Å². The number of amides is 3. The minimum Gasteiger partial charge on any atom is -0.358 e. The molecule has 0 saturated carbocycles. The van der Waals surface area contributed by atoms with Crippen molar-refractivity contribution in [3.05, 3.63) is 41.5 Å². The highest BCUT2D eigenvalue weighted by atomic mass is 19.1. The molecule has 2 aromatic rings. The number of benzene rings is 1. The molecule has 1 fully saturated rings. The number of anilines is 1. The summed E-state index contributed by atoms with van der Waals surface area (Å²) < 4.78 is 15.1. The van der Waals surface area contributed by atoms with Crippen LogP contribution < -0.4 is 16.0 Å². The van der Waals surface area contributed by atoms with Gasteiger partial charge in [0, 0.05) is 26.3 Å². The van der Waals surface area contributed by atoms with Gasteiger partial charge < -0.3 is 20.9 Å². The van der Waals surface area contributed by atoms with Crippen molar-refractivity contribution in [3.8, 4) is 0 Å². The number of likely N-dealkylation sites (N-methyl/N-ethyl adjacent to an activating group) is 1. The summed E-state index contributed by atoms with van der Waals surface area (Å²) in [5, 5.41) is 16.7. The second-order valence-electron chi connectivity index (χ2n) is 6.90. The zero-order valence-corrected chi connectivity index (χ0v) is 16.1. The summed E-state index contributed by atoms with van der Waals surface area (Å²) >= 11 is 0. The van der Waals surface area contributed by atoms with Crippen molar-refractivity contribution in [1.82, 2.24) is 30.5 Å². The molecule has 1 aromatic carbocycles. The van der Waals surface area contributed by atoms with E-state index in [1.165, 1.54) is 17.0 Å². The van der Waals surface area contributed by atoms with Gasteiger partial charge in [-0.2, -0.15) is 0 Å². The van der Waals surface area contributed by atoms with Crippen LogP contribution in [0, 0.1) is 12.7 Å². The number of aryl methyl sites for hydroxylation is 1. The number of carbonyl (C=O) groups excluding carboxylic acids is 2. The Morgan fingerprint density at radius 3 is 2.96 bits per heavy atom. The smallest absolute Gasteiger partial charge is 0.321 e. The van der Waals surface area contributed by atoms with Crippen LogP contribution in [0.25, 0.3) is 0 Å². The molecule has 150 valence electrons. The van der Waals surface area contributed by atoms with E-state index in [4.69, 9.17) is 0 Å². The van der Waals surface area contributed by atoms with E-state index in [1.54, 1.807) is 38.0 Å². The highest BCUT2D eigenvalue weighted by Gasteiger charge is 2.30. The zero-order valence-electron chi connectivity index (χ0n) is 16.1. The summed E-state index contributed by atoms with van der Waals surface area (Å²) in [6, 6.07) is 3.65. The van der Waals surface area contributed by atoms with E-state index in [2.05, 4.69) is 26.3 Å². The summed E-state index contributed by atoms with van der Waals surface area (Å²) in [6.45, 7) is 2.66. The predicted octanol–water partition coefficient (Wildman–Crippen LogP) is 1.04. The molecule has 10 heteroatoms. The Balaban J connectivity index is 1.58. The highest BCUT2D eigenvalue weighted by molar-refractivity contribution is 5.89. The average Bonchev–Trinajstić information content (AvgIpc) is 3.33. The molecule has 2 atom stereocenters. The van der Waals surface area contributed by atoms with Gasteiger partial charge in [0.05, 0.1) is 24.8 Å². The summed E-state index contributed by atoms with van der Waals surface area (Å²) in [6.07, 6.45) is 2.40. The van der Waals surface area contributed by atoms with Gasteiger partial charge in [-0.15, -0.1) is 5.10 Å². The van der Waals surface area contributed by atoms with E-state index in [1.807, 2.05) is 0 Å². The zero-order chi connectivity index (χ0) is 20.3. The first-order valence-corrected chi connectivity index (χ1v) is 9.01. The lowest BCUT2D eigenvalue weighted by molar-refractivity contribution is -0.122. The molecule has 1 saturated heterocycles. The fourth-order valence-electron chi connectivity index (χ4n) is 3.11. The van der Waals surface area contributed by atoms with E-state index in [-0.39, 0.29) is 30.6 Å². The molecular weight excluding hydrogens is 365 g/mol. The monoisotopic (exact) mass is 389 g/mol. The number of hydrogen-bond donors (Lipinski definition) is 3. The van der Waals surface area contributed by atoms with Crippen molar-refractivity contribution in [3.63, 3.8) is 0 Å². The highest BCUT2D eigenvalue weighted by Crippen LogP contribution is 2.20. The first-order chi connectivity index (χ1) is 13.4. The van der Waals surface area contributed by atoms with Crippen molar-refractivity contribution in [2.75, 3.05) is 26.0 Å². The molecule has 0 spiro atoms. The number of aromatic nitrogens is 3. The van der Waals surface area contributed by atoms with Crippen molar-refractivity contribution in [2.24, 2.45) is 0 Å². The van der Waals surface area contributed by atoms with Gasteiger partial charge in [-0.1, -0.05) is 11.3 Å². The third-order valence-electron chi connectivity index (χ3n) is 4.79. The molecule has 28 heavy (non-hydrogen) atoms. The second kappa shape index (κ2) is 8.34. The van der Waals surface area contributed by atoms with Crippen LogP contribution in [0.15, 0.2) is 24.4 Å². The Labute approximate surface area is 162 Å². The number of urea groups is 1. The lowest BCUT2D eigenvalue weighted by Crippen LogP contribution is -2.38. The summed E-state index contributed by atoms with van der Waals surface area (Å²) in [5.74, 6) is -0.460. The predicted molar refractivity (Wildman–Crippen MR) is 101 cm³/mol. The molecular formula is C18H24FN7O2. The lowest BCUT2D eigenvalue weighted by atomic mass is 10.1. The Morgan fingerprint density at radius 2 is 2.21 bits per heavy atom. The van der Waals surface area contributed by atoms with Gasteiger partial charge in [0.2, 0.25) is 5.91 Å². The molecule has 1 aliphatic rings. The van der Waals surface area contributed by atoms with Gasteiger partial charge >= 0.3 is 6.03 Å². The molecule has 0 bridgehead atoms. The van der Waals surface area contributed by atoms with Crippen molar-refractivity contribution in [2.45, 2.75) is 32.0 Å². The van der Waals surface area contributed by atoms with Crippen LogP contribution in [0.1, 0.15) is 23.7 Å². The Kier molecular flexibility index (Phi) is 5.88. The largest absolute Gasteiger partial charge is 0.358 e. The Bertz CT molecular complexity index is 869. The standard InChI is InChI=1S/C18H24FN7O2/c1-11-4-5-12(19)6-15(11)22-18(28)25(3)9-13-10-26(24-23-13)14-7-16(21-8-14)17(27)20-2/h4-6,10,14,16,21H,7-9H2,1-3H3,(H,20,27)(H,22,28)/t14-,16+/m1/s1. The van der Waals surface area contributed by atoms with E-state index in [0.717, 1.165) is 5.56 Å². The minimum atomic E-state index is -0.410. The van der Waals surface area contributed by atoms with Crippen LogP contribution in [0.5, 0.6) is 0 Å². The SMILES string of the molecule is CNC(=O)[C@@H]1C[C@@H](n2cc(CN(C)C(=O)Nc3cc(F)ccc3C)nn2)CN1. The van der Waals surface area contributed by atoms with Crippen molar-refractivity contribution in [1.29, 1.82) is 0 Å². The second-order valence-corrected chi connectivity index (χ2v) is 6.90. The number of hydrogen-bond acceptors (Lipinski definition) is 5. The topological polar surface area (TPSA) is 104 Å². The van der Waals surface area contributed by atoms with E-state index in [0.29, 0.717) is 24.3 Å². The first kappa shape index (κ1) is 19.7. The molecule has 9 nitrogen and oxygen atoms in total. The number of carbonyl (C=O) groups is 2. The number of nitrogens with one attached hydrogen (secondary N) is 3. The summed E-state index contributed by atoms with van der Waals surface area (Å²) in [4.78, 5) is 25.5. The van der Waals surface area contributed by atoms with Crippen LogP contribution in [0.3, 0.4) is 0 Å². The molecule has 1 aromatic heterocycles. The third-order valence-corrected chi connectivity index (χ3v) is 4.79. The number of halogens is 1. The molecule has 0 unspecified atom stereocenters. The van der Waals surface area contributed by atoms with E-state index < -0.39 is 5.82 Å². The molecule has 1 aliphatic heterocycles. The molecule has 0 aliphatic carbocycles. The fraction of sp³-hybridized carbons (Fsp3) is 0.444. The molecule has 2 heterocycles. The van der Waals surface area contributed by atoms with E-state index in [9.17, 15) is 14.0 Å². The lowest BCUT2D eigenvalue weighted by Gasteiger charge is -2.17. The summed E-state index contributed by atoms with van der Waals surface area (Å²) in [7, 11) is 3.23. The molecule has 3 rings (SSSR count). The van der Waals surface area contributed by atoms with Gasteiger partial charge in [-0.25, -0.2) is 13.9 Å². The van der Waals surface area contributed by atoms with Crippen LogP contribution in [0.4, 0.5) is 14.9 Å². The van der Waals surface area contributed by atoms with Gasteiger partial charge in [0.15, 0.2) is 0 Å². The molecule has 3 N–H and O–H groups in total. The quantitative estimate of drug-likeness (QED) is 0.709. The normalized spacial score (nSPS) is 18.7. The van der Waals surface area contributed by atoms with Crippen LogP contribution in [0.2, 0.25) is 0 Å². The Hall–Kier alpha value is -3.01. The Morgan fingerprint density at radius 1 is 1.43 bits per heavy atom. The average molecular weight is 389 g/mol. The molecule has 0 radical (unpaired) electrons. The first-order valence-electron chi connectivity index (χ1n) is 9.01. The van der Waals surface area contributed by atoms with Crippen LogP contribution >= 0.6 is 0 Å². The number of rotatable bonds is 5. The fourth-order valence-corrected chi connectivity index (χ4v) is 3.11. The van der Waals surface area contributed by atoms with Crippen molar-refractivity contribution >= 4 is 17.6 Å². The molecule has 3 amide bonds. The van der Waals surface area contributed by atoms with Gasteiger partial charge in [0.25, 0.3) is 0 Å². The van der Waals surface area contributed by atoms with Crippen molar-refractivity contribution < 1.29 is 14.0 Å².